The first-order valence-corrected chi connectivity index (χ1v) is 5.85. The Labute approximate surface area is 110 Å². The Balaban J connectivity index is 2.38. The van der Waals surface area contributed by atoms with Crippen LogP contribution >= 0.6 is 0 Å². The van der Waals surface area contributed by atoms with Gasteiger partial charge >= 0.3 is 5.97 Å². The van der Waals surface area contributed by atoms with E-state index in [2.05, 4.69) is 4.74 Å². The molecule has 1 aliphatic rings. The third-order valence-corrected chi connectivity index (χ3v) is 2.93. The molecule has 1 amide bonds. The number of aliphatic hydroxyl groups is 1. The lowest BCUT2D eigenvalue weighted by atomic mass is 10.1. The van der Waals surface area contributed by atoms with Crippen molar-refractivity contribution >= 4 is 17.6 Å². The summed E-state index contributed by atoms with van der Waals surface area (Å²) in [5.41, 5.74) is 1.18. The molecule has 1 aromatic carbocycles. The summed E-state index contributed by atoms with van der Waals surface area (Å²) in [5.74, 6) is -0.322. The standard InChI is InChI=1S/C13H15NO5/c1-8-13(17)14(6-12(16)18-2)10-4-3-9(7-15)5-11(10)19-8/h3-5,8,15H,6-7H2,1-2H3. The lowest BCUT2D eigenvalue weighted by molar-refractivity contribution is -0.140. The van der Waals surface area contributed by atoms with Crippen molar-refractivity contribution in [1.29, 1.82) is 0 Å². The van der Waals surface area contributed by atoms with Gasteiger partial charge in [0.25, 0.3) is 5.91 Å². The van der Waals surface area contributed by atoms with Gasteiger partial charge in [-0.15, -0.1) is 0 Å². The Kier molecular flexibility index (Phi) is 3.71. The van der Waals surface area contributed by atoms with Crippen LogP contribution < -0.4 is 9.64 Å². The lowest BCUT2D eigenvalue weighted by Crippen LogP contribution is -2.46. The van der Waals surface area contributed by atoms with Gasteiger partial charge in [-0.3, -0.25) is 14.5 Å². The molecular weight excluding hydrogens is 250 g/mol. The van der Waals surface area contributed by atoms with Crippen molar-refractivity contribution in [3.8, 4) is 5.75 Å². The topological polar surface area (TPSA) is 76.1 Å². The Morgan fingerprint density at radius 3 is 2.89 bits per heavy atom. The number of ether oxygens (including phenoxy) is 2. The van der Waals surface area contributed by atoms with Crippen LogP contribution in [0.5, 0.6) is 5.75 Å². The molecule has 19 heavy (non-hydrogen) atoms. The molecule has 1 aromatic rings. The van der Waals surface area contributed by atoms with E-state index in [1.54, 1.807) is 25.1 Å². The summed E-state index contributed by atoms with van der Waals surface area (Å²) in [4.78, 5) is 24.7. The number of amides is 1. The fourth-order valence-corrected chi connectivity index (χ4v) is 1.91. The third-order valence-electron chi connectivity index (χ3n) is 2.93. The second kappa shape index (κ2) is 5.27. The summed E-state index contributed by atoms with van der Waals surface area (Å²) in [6.07, 6.45) is -0.675. The van der Waals surface area contributed by atoms with Crippen LogP contribution in [0.3, 0.4) is 0 Å². The molecule has 1 N–H and O–H groups in total. The van der Waals surface area contributed by atoms with Gasteiger partial charge in [0.1, 0.15) is 12.3 Å². The van der Waals surface area contributed by atoms with Crippen LogP contribution in [-0.4, -0.2) is 36.7 Å². The Morgan fingerprint density at radius 1 is 1.53 bits per heavy atom. The van der Waals surface area contributed by atoms with Gasteiger partial charge in [-0.2, -0.15) is 0 Å². The highest BCUT2D eigenvalue weighted by Gasteiger charge is 2.33. The van der Waals surface area contributed by atoms with E-state index in [1.165, 1.54) is 12.0 Å². The van der Waals surface area contributed by atoms with Crippen LogP contribution in [0.4, 0.5) is 5.69 Å². The second-order valence-corrected chi connectivity index (χ2v) is 4.22. The minimum absolute atomic E-state index is 0.115. The molecule has 6 heteroatoms. The number of hydrogen-bond acceptors (Lipinski definition) is 5. The Bertz CT molecular complexity index is 514. The second-order valence-electron chi connectivity index (χ2n) is 4.22. The number of benzene rings is 1. The first-order valence-electron chi connectivity index (χ1n) is 5.85. The summed E-state index contributed by atoms with van der Waals surface area (Å²) in [6, 6.07) is 4.98. The molecule has 1 unspecified atom stereocenters. The molecular formula is C13H15NO5. The molecule has 0 saturated heterocycles. The van der Waals surface area contributed by atoms with Crippen molar-refractivity contribution in [1.82, 2.24) is 0 Å². The van der Waals surface area contributed by atoms with E-state index in [9.17, 15) is 9.59 Å². The number of anilines is 1. The molecule has 0 aromatic heterocycles. The normalized spacial score (nSPS) is 17.7. The predicted molar refractivity (Wildman–Crippen MR) is 66.8 cm³/mol. The van der Waals surface area contributed by atoms with Crippen LogP contribution in [0.15, 0.2) is 18.2 Å². The zero-order valence-electron chi connectivity index (χ0n) is 10.8. The summed E-state index contributed by atoms with van der Waals surface area (Å²) >= 11 is 0. The van der Waals surface area contributed by atoms with E-state index in [0.717, 1.165) is 0 Å². The first-order chi connectivity index (χ1) is 9.06. The highest BCUT2D eigenvalue weighted by atomic mass is 16.5. The minimum atomic E-state index is -0.675. The third kappa shape index (κ3) is 2.53. The van der Waals surface area contributed by atoms with Gasteiger partial charge in [0.15, 0.2) is 6.10 Å². The maximum Gasteiger partial charge on any atom is 0.325 e. The molecule has 0 bridgehead atoms. The van der Waals surface area contributed by atoms with E-state index in [0.29, 0.717) is 17.0 Å². The van der Waals surface area contributed by atoms with Gasteiger partial charge in [-0.05, 0) is 24.6 Å². The minimum Gasteiger partial charge on any atom is -0.479 e. The zero-order chi connectivity index (χ0) is 14.0. The number of fused-ring (bicyclic) bond motifs is 1. The number of rotatable bonds is 3. The van der Waals surface area contributed by atoms with Crippen LogP contribution in [0, 0.1) is 0 Å². The van der Waals surface area contributed by atoms with E-state index >= 15 is 0 Å². The van der Waals surface area contributed by atoms with Crippen LogP contribution in [0.25, 0.3) is 0 Å². The maximum absolute atomic E-state index is 12.0. The molecule has 102 valence electrons. The number of hydrogen-bond donors (Lipinski definition) is 1. The van der Waals surface area contributed by atoms with Crippen molar-refractivity contribution in [2.24, 2.45) is 0 Å². The van der Waals surface area contributed by atoms with E-state index in [-0.39, 0.29) is 19.1 Å². The lowest BCUT2D eigenvalue weighted by Gasteiger charge is -2.32. The summed E-state index contributed by atoms with van der Waals surface area (Å²) in [5, 5.41) is 9.10. The molecule has 0 fully saturated rings. The predicted octanol–water partition coefficient (Wildman–Crippen LogP) is 0.466. The van der Waals surface area contributed by atoms with Crippen LogP contribution in [0.1, 0.15) is 12.5 Å². The highest BCUT2D eigenvalue weighted by Crippen LogP contribution is 2.34. The fourth-order valence-electron chi connectivity index (χ4n) is 1.91. The van der Waals surface area contributed by atoms with E-state index in [4.69, 9.17) is 9.84 Å². The van der Waals surface area contributed by atoms with Crippen molar-refractivity contribution < 1.29 is 24.2 Å². The average molecular weight is 265 g/mol. The SMILES string of the molecule is COC(=O)CN1C(=O)C(C)Oc2cc(CO)ccc21. The number of carbonyl (C=O) groups excluding carboxylic acids is 2. The van der Waals surface area contributed by atoms with E-state index in [1.807, 2.05) is 0 Å². The quantitative estimate of drug-likeness (QED) is 0.804. The number of nitrogens with zero attached hydrogens (tertiary/aromatic N) is 1. The largest absolute Gasteiger partial charge is 0.479 e. The fraction of sp³-hybridized carbons (Fsp3) is 0.385. The van der Waals surface area contributed by atoms with Crippen LogP contribution in [0.2, 0.25) is 0 Å². The summed E-state index contributed by atoms with van der Waals surface area (Å²) in [6.45, 7) is 1.34. The molecule has 0 radical (unpaired) electrons. The zero-order valence-corrected chi connectivity index (χ0v) is 10.8. The maximum atomic E-state index is 12.0. The summed E-state index contributed by atoms with van der Waals surface area (Å²) in [7, 11) is 1.27. The number of aliphatic hydroxyl groups excluding tert-OH is 1. The van der Waals surface area contributed by atoms with Crippen molar-refractivity contribution in [3.05, 3.63) is 23.8 Å². The first kappa shape index (κ1) is 13.4. The molecule has 0 spiro atoms. The van der Waals surface area contributed by atoms with Gasteiger partial charge in [0.05, 0.1) is 19.4 Å². The van der Waals surface area contributed by atoms with Gasteiger partial charge in [0.2, 0.25) is 0 Å². The molecule has 1 atom stereocenters. The number of esters is 1. The molecule has 2 rings (SSSR count). The molecule has 0 aliphatic carbocycles. The van der Waals surface area contributed by atoms with Crippen molar-refractivity contribution in [2.75, 3.05) is 18.6 Å². The highest BCUT2D eigenvalue weighted by molar-refractivity contribution is 6.03. The van der Waals surface area contributed by atoms with Crippen molar-refractivity contribution in [3.63, 3.8) is 0 Å². The van der Waals surface area contributed by atoms with Gasteiger partial charge < -0.3 is 14.6 Å². The molecule has 6 nitrogen and oxygen atoms in total. The monoisotopic (exact) mass is 265 g/mol. The van der Waals surface area contributed by atoms with Crippen LogP contribution in [-0.2, 0) is 20.9 Å². The Hall–Kier alpha value is -2.08. The van der Waals surface area contributed by atoms with E-state index < -0.39 is 12.1 Å². The van der Waals surface area contributed by atoms with Crippen molar-refractivity contribution in [2.45, 2.75) is 19.6 Å². The van der Waals surface area contributed by atoms with Gasteiger partial charge in [-0.25, -0.2) is 0 Å². The smallest absolute Gasteiger partial charge is 0.325 e. The van der Waals surface area contributed by atoms with Gasteiger partial charge in [-0.1, -0.05) is 6.07 Å². The molecule has 1 heterocycles. The molecule has 1 aliphatic heterocycles. The average Bonchev–Trinajstić information content (AvgIpc) is 2.42. The number of methoxy groups -OCH3 is 1. The summed E-state index contributed by atoms with van der Waals surface area (Å²) < 4.78 is 10.1. The number of carbonyl (C=O) groups is 2. The van der Waals surface area contributed by atoms with Gasteiger partial charge in [0, 0.05) is 0 Å². The molecule has 0 saturated carbocycles. The Morgan fingerprint density at radius 2 is 2.26 bits per heavy atom.